The molecular formula is C11H12N4O4. The van der Waals surface area contributed by atoms with Crippen LogP contribution in [0, 0.1) is 11.3 Å². The zero-order valence-corrected chi connectivity index (χ0v) is 10.2. The minimum absolute atomic E-state index is 0.0272. The van der Waals surface area contributed by atoms with Crippen LogP contribution in [-0.2, 0) is 19.1 Å². The molecule has 19 heavy (non-hydrogen) atoms. The van der Waals surface area contributed by atoms with Crippen molar-refractivity contribution in [1.29, 1.82) is 5.26 Å². The minimum atomic E-state index is -0.805. The van der Waals surface area contributed by atoms with Gasteiger partial charge in [0.05, 0.1) is 0 Å². The Morgan fingerprint density at radius 3 is 2.68 bits per heavy atom. The lowest BCUT2D eigenvalue weighted by Gasteiger charge is -2.10. The minimum Gasteiger partial charge on any atom is -0.453 e. The van der Waals surface area contributed by atoms with Crippen LogP contribution in [0.15, 0.2) is 16.4 Å². The van der Waals surface area contributed by atoms with Crippen LogP contribution in [0.5, 0.6) is 0 Å². The van der Waals surface area contributed by atoms with Crippen molar-refractivity contribution in [1.82, 2.24) is 5.43 Å². The molecule has 0 radical (unpaired) electrons. The number of nitrogens with two attached hydrogens (primary N) is 1. The third kappa shape index (κ3) is 3.92. The summed E-state index contributed by atoms with van der Waals surface area (Å²) in [5.74, 6) is -1.78. The molecule has 0 bridgehead atoms. The maximum atomic E-state index is 11.5. The van der Waals surface area contributed by atoms with E-state index in [1.54, 1.807) is 6.07 Å². The van der Waals surface area contributed by atoms with E-state index in [1.807, 2.05) is 0 Å². The normalized spacial score (nSPS) is 15.6. The van der Waals surface area contributed by atoms with Crippen molar-refractivity contribution in [3.05, 3.63) is 11.3 Å². The van der Waals surface area contributed by atoms with Gasteiger partial charge in [-0.2, -0.15) is 10.4 Å². The van der Waals surface area contributed by atoms with Gasteiger partial charge in [-0.25, -0.2) is 10.2 Å². The molecule has 1 aliphatic rings. The van der Waals surface area contributed by atoms with Gasteiger partial charge in [0, 0.05) is 18.5 Å². The topological polar surface area (TPSA) is 135 Å². The van der Waals surface area contributed by atoms with E-state index in [0.717, 1.165) is 0 Å². The summed E-state index contributed by atoms with van der Waals surface area (Å²) >= 11 is 0. The fourth-order valence-corrected chi connectivity index (χ4v) is 1.28. The summed E-state index contributed by atoms with van der Waals surface area (Å²) in [7, 11) is 0. The van der Waals surface area contributed by atoms with Gasteiger partial charge in [-0.1, -0.05) is 0 Å². The molecule has 0 atom stereocenters. The van der Waals surface area contributed by atoms with E-state index in [0.29, 0.717) is 0 Å². The quantitative estimate of drug-likeness (QED) is 0.384. The Morgan fingerprint density at radius 2 is 2.21 bits per heavy atom. The predicted molar refractivity (Wildman–Crippen MR) is 63.3 cm³/mol. The smallest absolute Gasteiger partial charge is 0.354 e. The van der Waals surface area contributed by atoms with Crippen molar-refractivity contribution in [2.75, 3.05) is 6.61 Å². The maximum absolute atomic E-state index is 11.5. The molecule has 100 valence electrons. The fourth-order valence-electron chi connectivity index (χ4n) is 1.28. The number of carbonyl (C=O) groups excluding carboxylic acids is 3. The Bertz CT molecular complexity index is 523. The lowest BCUT2D eigenvalue weighted by Crippen LogP contribution is -2.31. The van der Waals surface area contributed by atoms with Crippen LogP contribution in [0.25, 0.3) is 0 Å². The monoisotopic (exact) mass is 264 g/mol. The highest BCUT2D eigenvalue weighted by Crippen LogP contribution is 2.03. The summed E-state index contributed by atoms with van der Waals surface area (Å²) in [4.78, 5) is 33.8. The molecular weight excluding hydrogens is 252 g/mol. The number of nitriles is 1. The number of ketones is 1. The second-order valence-corrected chi connectivity index (χ2v) is 3.76. The molecule has 0 aliphatic carbocycles. The number of allylic oxidation sites excluding steroid dienone is 1. The van der Waals surface area contributed by atoms with Gasteiger partial charge in [0.1, 0.15) is 17.4 Å². The number of esters is 1. The van der Waals surface area contributed by atoms with Crippen LogP contribution in [0.3, 0.4) is 0 Å². The summed E-state index contributed by atoms with van der Waals surface area (Å²) in [5.41, 5.74) is 7.32. The Kier molecular flexibility index (Phi) is 4.76. The molecule has 1 amide bonds. The van der Waals surface area contributed by atoms with E-state index in [2.05, 4.69) is 10.5 Å². The number of nitrogens with zero attached hydrogens (tertiary/aromatic N) is 2. The van der Waals surface area contributed by atoms with E-state index >= 15 is 0 Å². The largest absolute Gasteiger partial charge is 0.453 e. The van der Waals surface area contributed by atoms with Gasteiger partial charge >= 0.3 is 5.97 Å². The zero-order valence-electron chi connectivity index (χ0n) is 10.2. The van der Waals surface area contributed by atoms with Crippen molar-refractivity contribution in [2.24, 2.45) is 10.8 Å². The molecule has 1 rings (SSSR count). The van der Waals surface area contributed by atoms with Crippen molar-refractivity contribution < 1.29 is 19.1 Å². The van der Waals surface area contributed by atoms with E-state index < -0.39 is 18.4 Å². The van der Waals surface area contributed by atoms with Gasteiger partial charge in [0.2, 0.25) is 11.7 Å². The van der Waals surface area contributed by atoms with Crippen LogP contribution in [0.2, 0.25) is 0 Å². The summed E-state index contributed by atoms with van der Waals surface area (Å²) in [5, 5.41) is 12.2. The number of ether oxygens (including phenoxy) is 1. The lowest BCUT2D eigenvalue weighted by molar-refractivity contribution is -0.140. The molecule has 0 aromatic heterocycles. The molecule has 0 aromatic carbocycles. The third-order valence-electron chi connectivity index (χ3n) is 2.26. The zero-order chi connectivity index (χ0) is 14.4. The van der Waals surface area contributed by atoms with Crippen LogP contribution >= 0.6 is 0 Å². The van der Waals surface area contributed by atoms with Gasteiger partial charge in [0.25, 0.3) is 0 Å². The van der Waals surface area contributed by atoms with Crippen molar-refractivity contribution in [2.45, 2.75) is 19.8 Å². The van der Waals surface area contributed by atoms with E-state index in [9.17, 15) is 14.4 Å². The summed E-state index contributed by atoms with van der Waals surface area (Å²) in [6, 6.07) is 1.64. The van der Waals surface area contributed by atoms with Crippen LogP contribution in [-0.4, -0.2) is 30.0 Å². The lowest BCUT2D eigenvalue weighted by atomic mass is 10.1. The van der Waals surface area contributed by atoms with Crippen LogP contribution in [0.4, 0.5) is 0 Å². The number of amides is 1. The molecule has 1 heterocycles. The molecule has 1 aliphatic heterocycles. The third-order valence-corrected chi connectivity index (χ3v) is 2.26. The van der Waals surface area contributed by atoms with Crippen molar-refractivity contribution in [3.8, 4) is 6.07 Å². The predicted octanol–water partition coefficient (Wildman–Crippen LogP) is -0.879. The summed E-state index contributed by atoms with van der Waals surface area (Å²) in [6.45, 7) is 0.808. The highest BCUT2D eigenvalue weighted by atomic mass is 16.5. The second-order valence-electron chi connectivity index (χ2n) is 3.76. The first-order valence-electron chi connectivity index (χ1n) is 5.38. The summed E-state index contributed by atoms with van der Waals surface area (Å²) in [6.07, 6.45) is 0.281. The average Bonchev–Trinajstić information content (AvgIpc) is 2.37. The van der Waals surface area contributed by atoms with Crippen LogP contribution in [0.1, 0.15) is 19.8 Å². The van der Waals surface area contributed by atoms with Crippen molar-refractivity contribution in [3.63, 3.8) is 0 Å². The van der Waals surface area contributed by atoms with Gasteiger partial charge < -0.3 is 10.5 Å². The molecule has 0 spiro atoms. The average molecular weight is 264 g/mol. The van der Waals surface area contributed by atoms with E-state index in [-0.39, 0.29) is 35.7 Å². The highest BCUT2D eigenvalue weighted by molar-refractivity contribution is 6.37. The molecule has 0 unspecified atom stereocenters. The van der Waals surface area contributed by atoms with Gasteiger partial charge in [-0.05, 0) is 6.92 Å². The highest BCUT2D eigenvalue weighted by Gasteiger charge is 2.21. The van der Waals surface area contributed by atoms with Gasteiger partial charge in [0.15, 0.2) is 6.61 Å². The first-order chi connectivity index (χ1) is 8.95. The maximum Gasteiger partial charge on any atom is 0.354 e. The Morgan fingerprint density at radius 1 is 1.53 bits per heavy atom. The van der Waals surface area contributed by atoms with E-state index in [1.165, 1.54) is 6.92 Å². The standard InChI is InChI=1S/C11H12N4O4/c1-6(13)7(4-12)9(16)5-19-11(18)8-2-3-10(17)15-14-8/h2-3,5,13H2,1H3,(H,15,17)/b7-6-. The Labute approximate surface area is 108 Å². The molecule has 0 saturated heterocycles. The number of hydrogen-bond acceptors (Lipinski definition) is 7. The second kappa shape index (κ2) is 6.30. The molecule has 0 fully saturated rings. The molecule has 8 nitrogen and oxygen atoms in total. The van der Waals surface area contributed by atoms with Crippen molar-refractivity contribution >= 4 is 23.4 Å². The number of hydrazone groups is 1. The Balaban J connectivity index is 2.57. The molecule has 0 saturated carbocycles. The number of nitrogens with one attached hydrogen (secondary N) is 1. The first kappa shape index (κ1) is 14.4. The number of rotatable bonds is 4. The Hall–Kier alpha value is -2.69. The van der Waals surface area contributed by atoms with E-state index in [4.69, 9.17) is 15.7 Å². The molecule has 8 heteroatoms. The molecule has 3 N–H and O–H groups in total. The first-order valence-corrected chi connectivity index (χ1v) is 5.38. The number of Topliss-reactive ketones (excluding diaryl/α,β-unsaturated/α-hetero) is 1. The number of hydrogen-bond donors (Lipinski definition) is 2. The summed E-state index contributed by atoms with van der Waals surface area (Å²) < 4.78 is 4.70. The van der Waals surface area contributed by atoms with Gasteiger partial charge in [-0.15, -0.1) is 0 Å². The van der Waals surface area contributed by atoms with Gasteiger partial charge in [-0.3, -0.25) is 9.59 Å². The molecule has 0 aromatic rings. The SMILES string of the molecule is C/C(N)=C(\C#N)C(=O)COC(=O)C1=NNC(=O)CC1. The van der Waals surface area contributed by atoms with Crippen LogP contribution < -0.4 is 11.2 Å². The fraction of sp³-hybridized carbons (Fsp3) is 0.364. The number of carbonyl (C=O) groups is 3.